The molecule has 1 fully saturated rings. The van der Waals surface area contributed by atoms with E-state index < -0.39 is 213 Å². The molecule has 20 N–H and O–H groups in total. The predicted molar refractivity (Wildman–Crippen MR) is 322 cm³/mol. The molecule has 0 aromatic heterocycles. The van der Waals surface area contributed by atoms with Gasteiger partial charge < -0.3 is 109 Å². The number of nitrogens with one attached hydrogen (secondary N) is 10. The number of aliphatic hydroxyl groups is 4. The molecule has 2 unspecified atom stereocenters. The summed E-state index contributed by atoms with van der Waals surface area (Å²) < 4.78 is 14.9. The Labute approximate surface area is 536 Å². The molecule has 0 aromatic carbocycles. The highest BCUT2D eigenvalue weighted by Gasteiger charge is 2.41. The number of carbonyl (C=O) groups is 14. The maximum atomic E-state index is 14.3. The highest BCUT2D eigenvalue weighted by Crippen LogP contribution is 2.14. The highest BCUT2D eigenvalue weighted by atomic mass is 35.5. The molecule has 1 aliphatic heterocycles. The van der Waals surface area contributed by atoms with Crippen molar-refractivity contribution in [3.8, 4) is 0 Å². The first-order chi connectivity index (χ1) is 43.4. The van der Waals surface area contributed by atoms with Gasteiger partial charge in [0.2, 0.25) is 53.5 Å². The standard InChI is InChI=1S/C56H93ClN12O23/c1-6-8-9-10-11-12-13-14-15-18-32(72)25-40(74)61-38-28-90-55(88)43(39(73)27-57)68-53(85)44(45(77)54(86)87)69-46(78)33(7-2)62-52(84)42(29(3)70)67-49(81)36(21-23-59)64-47(79)34(19-16-17-24-60-56(89)92-31(5)91-30(4)71)63-50(82)37(26-41(75)76)66-48(80)35(20-22-58)65-51(38)83/h7,29,31-32,34-39,42-45,70,72-73,77H,6,8-28,58-59H2,1-5H3,(H,60,89)(H,61,74)(H,62,84)(H,63,82)(H,64,79)(H,65,83)(H,66,80)(H,67,81)(H,68,85)(H,69,78)(H,75,76)(H,86,87)/b33-7+/t29-,31?,32-,34-,35+,36-,37-,38-,39+,42-,43-,44-,45?/m0/s1. The molecule has 1 saturated heterocycles. The van der Waals surface area contributed by atoms with Crippen molar-refractivity contribution in [3.63, 3.8) is 0 Å². The van der Waals surface area contributed by atoms with E-state index in [1.807, 2.05) is 10.6 Å². The molecule has 0 aliphatic carbocycles. The molecule has 1 heterocycles. The molecule has 1 rings (SSSR count). The van der Waals surface area contributed by atoms with E-state index in [9.17, 15) is 97.8 Å². The Morgan fingerprint density at radius 1 is 0.652 bits per heavy atom. The van der Waals surface area contributed by atoms with Gasteiger partial charge in [-0.1, -0.05) is 70.8 Å². The number of aliphatic hydroxyl groups excluding tert-OH is 4. The van der Waals surface area contributed by atoms with Crippen molar-refractivity contribution in [1.29, 1.82) is 0 Å². The summed E-state index contributed by atoms with van der Waals surface area (Å²) in [4.78, 5) is 188. The van der Waals surface area contributed by atoms with Crippen LogP contribution >= 0.6 is 11.6 Å². The van der Waals surface area contributed by atoms with Gasteiger partial charge in [0, 0.05) is 20.4 Å². The topological polar surface area (TPSA) is 560 Å². The van der Waals surface area contributed by atoms with Crippen molar-refractivity contribution >= 4 is 94.7 Å². The number of hydrogen-bond donors (Lipinski definition) is 18. The van der Waals surface area contributed by atoms with Gasteiger partial charge in [-0.2, -0.15) is 0 Å². The zero-order valence-electron chi connectivity index (χ0n) is 52.3. The number of ether oxygens (including phenoxy) is 3. The fourth-order valence-corrected chi connectivity index (χ4v) is 9.03. The lowest BCUT2D eigenvalue weighted by atomic mass is 10.0. The van der Waals surface area contributed by atoms with E-state index in [0.717, 1.165) is 78.2 Å². The molecule has 0 saturated carbocycles. The number of amides is 10. The van der Waals surface area contributed by atoms with Gasteiger partial charge in [0.05, 0.1) is 37.0 Å². The number of alkyl halides is 1. The average Bonchev–Trinajstić information content (AvgIpc) is 0.900. The van der Waals surface area contributed by atoms with Crippen molar-refractivity contribution in [1.82, 2.24) is 53.2 Å². The van der Waals surface area contributed by atoms with Crippen LogP contribution in [0.25, 0.3) is 0 Å². The molecule has 0 aromatic rings. The monoisotopic (exact) mass is 1340 g/mol. The van der Waals surface area contributed by atoms with Crippen LogP contribution in [0.15, 0.2) is 11.8 Å². The van der Waals surface area contributed by atoms with Gasteiger partial charge >= 0.3 is 30.0 Å². The Balaban J connectivity index is 4.05. The Hall–Kier alpha value is -7.83. The number of alkyl carbamates (subject to hydrolysis) is 1. The van der Waals surface area contributed by atoms with E-state index in [2.05, 4.69) is 49.5 Å². The maximum absolute atomic E-state index is 14.3. The Morgan fingerprint density at radius 3 is 1.70 bits per heavy atom. The van der Waals surface area contributed by atoms with Gasteiger partial charge in [-0.3, -0.25) is 52.7 Å². The van der Waals surface area contributed by atoms with Gasteiger partial charge in [-0.05, 0) is 65.5 Å². The summed E-state index contributed by atoms with van der Waals surface area (Å²) in [6.45, 7) is 4.48. The van der Waals surface area contributed by atoms with Crippen LogP contribution in [0.1, 0.15) is 144 Å². The fraction of sp³-hybridized carbons (Fsp3) is 0.714. The largest absolute Gasteiger partial charge is 0.481 e. The fourth-order valence-electron chi connectivity index (χ4n) is 8.85. The zero-order chi connectivity index (χ0) is 69.6. The van der Waals surface area contributed by atoms with E-state index in [1.54, 1.807) is 0 Å². The normalized spacial score (nSPS) is 23.4. The molecule has 13 atom stereocenters. The smallest absolute Gasteiger partial charge is 0.410 e. The summed E-state index contributed by atoms with van der Waals surface area (Å²) in [5.41, 5.74) is 10.8. The second-order valence-electron chi connectivity index (χ2n) is 21.6. The van der Waals surface area contributed by atoms with Crippen LogP contribution in [0.3, 0.4) is 0 Å². The van der Waals surface area contributed by atoms with Crippen LogP contribution in [-0.2, 0) is 76.5 Å². The van der Waals surface area contributed by atoms with E-state index in [-0.39, 0.29) is 38.8 Å². The third-order valence-electron chi connectivity index (χ3n) is 13.8. The lowest BCUT2D eigenvalue weighted by molar-refractivity contribution is -0.162. The number of aliphatic carboxylic acids is 2. The maximum Gasteiger partial charge on any atom is 0.410 e. The summed E-state index contributed by atoms with van der Waals surface area (Å²) in [7, 11) is 0. The third kappa shape index (κ3) is 32.0. The van der Waals surface area contributed by atoms with Gasteiger partial charge in [-0.25, -0.2) is 14.4 Å². The van der Waals surface area contributed by atoms with Gasteiger partial charge in [-0.15, -0.1) is 11.6 Å². The van der Waals surface area contributed by atoms with Crippen LogP contribution < -0.4 is 64.6 Å². The number of carboxylic acid groups (broad SMARTS) is 2. The summed E-state index contributed by atoms with van der Waals surface area (Å²) in [5, 5.41) is 84.7. The molecule has 10 amide bonds. The minimum atomic E-state index is -2.86. The number of hydrogen-bond acceptors (Lipinski definition) is 23. The van der Waals surface area contributed by atoms with Crippen molar-refractivity contribution in [2.45, 2.75) is 223 Å². The summed E-state index contributed by atoms with van der Waals surface area (Å²) in [6, 6.07) is -16.4. The van der Waals surface area contributed by atoms with Gasteiger partial charge in [0.15, 0.2) is 12.1 Å². The average molecular weight is 1340 g/mol. The van der Waals surface area contributed by atoms with E-state index >= 15 is 0 Å². The van der Waals surface area contributed by atoms with Crippen LogP contribution in [0.4, 0.5) is 4.79 Å². The van der Waals surface area contributed by atoms with Crippen molar-refractivity contribution in [2.75, 3.05) is 32.1 Å². The lowest BCUT2D eigenvalue weighted by Crippen LogP contribution is -2.62. The predicted octanol–water partition coefficient (Wildman–Crippen LogP) is -4.48. The number of nitrogens with two attached hydrogens (primary N) is 2. The summed E-state index contributed by atoms with van der Waals surface area (Å²) >= 11 is 5.87. The minimum Gasteiger partial charge on any atom is -0.481 e. The van der Waals surface area contributed by atoms with Crippen molar-refractivity contribution in [3.05, 3.63) is 11.8 Å². The quantitative estimate of drug-likeness (QED) is 0.0102. The first-order valence-corrected chi connectivity index (χ1v) is 30.8. The van der Waals surface area contributed by atoms with Crippen molar-refractivity contribution in [2.24, 2.45) is 11.5 Å². The van der Waals surface area contributed by atoms with Crippen LogP contribution in [0, 0.1) is 0 Å². The molecule has 0 bridgehead atoms. The number of unbranched alkanes of at least 4 members (excludes halogenated alkanes) is 9. The molecule has 36 heteroatoms. The number of cyclic esters (lactones) is 1. The minimum absolute atomic E-state index is 0.0289. The summed E-state index contributed by atoms with van der Waals surface area (Å²) in [6.07, 6.45) is -3.90. The molecular formula is C56H93ClN12O23. The molecule has 35 nitrogen and oxygen atoms in total. The summed E-state index contributed by atoms with van der Waals surface area (Å²) in [5.74, 6) is -19.1. The van der Waals surface area contributed by atoms with E-state index in [4.69, 9.17) is 37.3 Å². The Kier molecular flexibility index (Phi) is 39.9. The SMILES string of the molecule is C/C=C1/NC(=O)[C@H]([C@H](C)O)NC(=O)[C@H](CCN)NC(=O)[C@H](CCCCNC(=O)OC(C)OC(C)=O)NC(=O)[C@H](CC(=O)O)NC(=O)[C@@H](CCN)NC(=O)[C@@H](NC(=O)C[C@@H](O)CCCCCCCCCCC)COC(=O)[C@H]([C@H](O)CCl)NC(=O)[C@H](C(O)C(=O)O)NC1=O. The third-order valence-corrected chi connectivity index (χ3v) is 14.1. The van der Waals surface area contributed by atoms with Crippen molar-refractivity contribution < 1.29 is 112 Å². The first-order valence-electron chi connectivity index (χ1n) is 30.3. The van der Waals surface area contributed by atoms with E-state index in [1.165, 1.54) is 6.92 Å². The molecule has 1 aliphatic rings. The van der Waals surface area contributed by atoms with Crippen LogP contribution in [-0.4, -0.2) is 225 Å². The lowest BCUT2D eigenvalue weighted by Gasteiger charge is -2.28. The van der Waals surface area contributed by atoms with Gasteiger partial charge in [0.25, 0.3) is 5.91 Å². The second kappa shape index (κ2) is 44.6. The number of halogens is 1. The molecule has 0 spiro atoms. The second-order valence-corrected chi connectivity index (χ2v) is 21.9. The molecule has 92 heavy (non-hydrogen) atoms. The van der Waals surface area contributed by atoms with E-state index in [0.29, 0.717) is 6.42 Å². The zero-order valence-corrected chi connectivity index (χ0v) is 53.1. The van der Waals surface area contributed by atoms with Crippen LogP contribution in [0.2, 0.25) is 0 Å². The van der Waals surface area contributed by atoms with Gasteiger partial charge in [0.1, 0.15) is 54.6 Å². The first kappa shape index (κ1) is 82.2. The Morgan fingerprint density at radius 2 is 1.17 bits per heavy atom. The number of carboxylic acids is 2. The Bertz CT molecular complexity index is 2510. The van der Waals surface area contributed by atoms with Crippen LogP contribution in [0.5, 0.6) is 0 Å². The molecule has 0 radical (unpaired) electrons. The molecule has 522 valence electrons. The number of rotatable bonds is 31. The number of allylic oxidation sites excluding steroid dienone is 1. The highest BCUT2D eigenvalue weighted by molar-refractivity contribution is 6.18. The molecular weight excluding hydrogens is 1240 g/mol. The number of esters is 2. The number of carbonyl (C=O) groups excluding carboxylic acids is 12.